The molecule has 1 rings (SSSR count). The normalized spacial score (nSPS) is 30.3. The van der Waals surface area contributed by atoms with Gasteiger partial charge in [-0.05, 0) is 0 Å². The summed E-state index contributed by atoms with van der Waals surface area (Å²) in [4.78, 5) is 0. The zero-order valence-electron chi connectivity index (χ0n) is 3.97. The third-order valence-corrected chi connectivity index (χ3v) is 1.46. The van der Waals surface area contributed by atoms with Crippen molar-refractivity contribution in [1.82, 2.24) is 0 Å². The molecule has 0 aromatic carbocycles. The molecule has 0 bridgehead atoms. The van der Waals surface area contributed by atoms with Gasteiger partial charge in [0.15, 0.2) is 6.17 Å². The molecule has 0 aliphatic heterocycles. The number of halogens is 5. The van der Waals surface area contributed by atoms with Gasteiger partial charge in [0.1, 0.15) is 4.49 Å². The molecule has 0 radical (unpaired) electrons. The minimum atomic E-state index is -3.40. The van der Waals surface area contributed by atoms with Crippen molar-refractivity contribution >= 4 is 23.2 Å². The molecule has 0 aromatic heterocycles. The van der Waals surface area contributed by atoms with E-state index < -0.39 is 22.2 Å². The van der Waals surface area contributed by atoms with Crippen LogP contribution in [-0.2, 0) is 0 Å². The number of allylic oxidation sites excluding steroid dienone is 1. The van der Waals surface area contributed by atoms with Gasteiger partial charge in [0.2, 0.25) is 0 Å². The molecule has 1 atom stereocenters. The van der Waals surface area contributed by atoms with Crippen molar-refractivity contribution < 1.29 is 13.2 Å². The van der Waals surface area contributed by atoms with E-state index >= 15 is 0 Å². The summed E-state index contributed by atoms with van der Waals surface area (Å²) < 4.78 is 34.8. The van der Waals surface area contributed by atoms with Crippen LogP contribution in [0.2, 0.25) is 0 Å². The molecule has 0 aromatic rings. The van der Waals surface area contributed by atoms with Crippen molar-refractivity contribution in [2.24, 2.45) is 0 Å². The molecule has 0 spiro atoms. The average molecular weight is 177 g/mol. The van der Waals surface area contributed by atoms with Crippen molar-refractivity contribution in [3.8, 4) is 0 Å². The van der Waals surface area contributed by atoms with Crippen molar-refractivity contribution in [2.45, 2.75) is 12.1 Å². The second-order valence-corrected chi connectivity index (χ2v) is 2.61. The van der Waals surface area contributed by atoms with Crippen LogP contribution in [0.3, 0.4) is 0 Å². The third kappa shape index (κ3) is 0.923. The molecule has 1 aliphatic rings. The lowest BCUT2D eigenvalue weighted by Crippen LogP contribution is -1.90. The molecule has 0 nitrogen and oxygen atoms in total. The quantitative estimate of drug-likeness (QED) is 0.533. The Bertz CT molecular complexity index is 171. The summed E-state index contributed by atoms with van der Waals surface area (Å²) in [5.74, 6) is -3.40. The van der Waals surface area contributed by atoms with E-state index in [1.807, 2.05) is 0 Å². The Balaban J connectivity index is 2.86. The summed E-state index contributed by atoms with van der Waals surface area (Å²) in [6.45, 7) is 0. The zero-order valence-corrected chi connectivity index (χ0v) is 5.48. The van der Waals surface area contributed by atoms with E-state index in [4.69, 9.17) is 23.2 Å². The van der Waals surface area contributed by atoms with Gasteiger partial charge in [0.05, 0.1) is 5.57 Å². The first-order chi connectivity index (χ1) is 3.98. The highest BCUT2D eigenvalue weighted by atomic mass is 35.5. The number of hydrogen-bond donors (Lipinski definition) is 0. The maximum atomic E-state index is 11.8. The minimum absolute atomic E-state index is 0.660. The minimum Gasteiger partial charge on any atom is -0.235 e. The van der Waals surface area contributed by atoms with Crippen LogP contribution in [0.15, 0.2) is 10.1 Å². The molecule has 0 amide bonds. The molecular weight excluding hydrogens is 176 g/mol. The van der Waals surface area contributed by atoms with Crippen LogP contribution in [0.4, 0.5) is 13.2 Å². The van der Waals surface area contributed by atoms with Crippen molar-refractivity contribution in [2.75, 3.05) is 0 Å². The molecule has 1 aliphatic carbocycles. The highest BCUT2D eigenvalue weighted by Gasteiger charge is 2.66. The van der Waals surface area contributed by atoms with E-state index in [1.54, 1.807) is 0 Å². The lowest BCUT2D eigenvalue weighted by atomic mass is 10.7. The predicted octanol–water partition coefficient (Wildman–Crippen LogP) is 2.66. The van der Waals surface area contributed by atoms with E-state index in [1.165, 1.54) is 0 Å². The summed E-state index contributed by atoms with van der Waals surface area (Å²) in [6.07, 6.45) is -2.26. The van der Waals surface area contributed by atoms with E-state index in [0.29, 0.717) is 0 Å². The summed E-state index contributed by atoms with van der Waals surface area (Å²) in [7, 11) is 0. The summed E-state index contributed by atoms with van der Waals surface area (Å²) in [6, 6.07) is 0. The lowest BCUT2D eigenvalue weighted by molar-refractivity contribution is 0.0950. The Labute approximate surface area is 59.2 Å². The number of rotatable bonds is 0. The van der Waals surface area contributed by atoms with Crippen LogP contribution in [-0.4, -0.2) is 12.1 Å². The molecule has 0 N–H and O–H groups in total. The van der Waals surface area contributed by atoms with Gasteiger partial charge in [-0.25, -0.2) is 4.39 Å². The van der Waals surface area contributed by atoms with Gasteiger partial charge in [-0.2, -0.15) is 8.78 Å². The van der Waals surface area contributed by atoms with E-state index in [2.05, 4.69) is 0 Å². The first-order valence-electron chi connectivity index (χ1n) is 2.05. The van der Waals surface area contributed by atoms with E-state index in [9.17, 15) is 13.2 Å². The molecule has 1 saturated carbocycles. The first kappa shape index (κ1) is 7.22. The lowest BCUT2D eigenvalue weighted by Gasteiger charge is -1.81. The maximum absolute atomic E-state index is 11.8. The Hall–Kier alpha value is 0.110. The molecule has 1 unspecified atom stereocenters. The maximum Gasteiger partial charge on any atom is 0.309 e. The van der Waals surface area contributed by atoms with Gasteiger partial charge in [-0.1, -0.05) is 23.2 Å². The van der Waals surface area contributed by atoms with Gasteiger partial charge >= 0.3 is 5.92 Å². The fourth-order valence-corrected chi connectivity index (χ4v) is 0.911. The highest BCUT2D eigenvalue weighted by Crippen LogP contribution is 2.53. The SMILES string of the molecule is FC1C(=C(Cl)Cl)C1(F)F. The van der Waals surface area contributed by atoms with Crippen molar-refractivity contribution in [3.05, 3.63) is 10.1 Å². The molecule has 0 saturated heterocycles. The van der Waals surface area contributed by atoms with E-state index in [-0.39, 0.29) is 0 Å². The Morgan fingerprint density at radius 3 is 1.78 bits per heavy atom. The summed E-state index contributed by atoms with van der Waals surface area (Å²) >= 11 is 9.76. The molecule has 0 heterocycles. The van der Waals surface area contributed by atoms with Crippen LogP contribution < -0.4 is 0 Å². The standard InChI is InChI=1S/C4HCl2F3/c5-3(6)1-2(7)4(1,8)9/h2H. The smallest absolute Gasteiger partial charge is 0.235 e. The molecule has 1 fully saturated rings. The average Bonchev–Trinajstić information content (AvgIpc) is 2.07. The van der Waals surface area contributed by atoms with Crippen LogP contribution >= 0.6 is 23.2 Å². The predicted molar refractivity (Wildman–Crippen MR) is 28.6 cm³/mol. The number of alkyl halides is 3. The van der Waals surface area contributed by atoms with Crippen LogP contribution in [0.25, 0.3) is 0 Å². The van der Waals surface area contributed by atoms with Gasteiger partial charge in [-0.15, -0.1) is 0 Å². The second-order valence-electron chi connectivity index (χ2n) is 1.66. The van der Waals surface area contributed by atoms with Crippen LogP contribution in [0.1, 0.15) is 0 Å². The van der Waals surface area contributed by atoms with Gasteiger partial charge in [-0.3, -0.25) is 0 Å². The summed E-state index contributed by atoms with van der Waals surface area (Å²) in [5.41, 5.74) is -0.800. The van der Waals surface area contributed by atoms with Gasteiger partial charge in [0.25, 0.3) is 0 Å². The molecular formula is C4HCl2F3. The Morgan fingerprint density at radius 2 is 1.78 bits per heavy atom. The zero-order chi connectivity index (χ0) is 7.23. The van der Waals surface area contributed by atoms with Crippen LogP contribution in [0, 0.1) is 0 Å². The fraction of sp³-hybridized carbons (Fsp3) is 0.500. The topological polar surface area (TPSA) is 0 Å². The van der Waals surface area contributed by atoms with Crippen molar-refractivity contribution in [3.63, 3.8) is 0 Å². The Morgan fingerprint density at radius 1 is 1.44 bits per heavy atom. The van der Waals surface area contributed by atoms with E-state index in [0.717, 1.165) is 0 Å². The fourth-order valence-electron chi connectivity index (χ4n) is 0.467. The van der Waals surface area contributed by atoms with Crippen LogP contribution in [0.5, 0.6) is 0 Å². The van der Waals surface area contributed by atoms with Crippen molar-refractivity contribution in [1.29, 1.82) is 0 Å². The van der Waals surface area contributed by atoms with Gasteiger partial charge in [0, 0.05) is 0 Å². The monoisotopic (exact) mass is 176 g/mol. The van der Waals surface area contributed by atoms with Gasteiger partial charge < -0.3 is 0 Å². The second kappa shape index (κ2) is 1.80. The Kier molecular flexibility index (Phi) is 1.44. The summed E-state index contributed by atoms with van der Waals surface area (Å²) in [5, 5.41) is 0. The molecule has 9 heavy (non-hydrogen) atoms. The molecule has 52 valence electrons. The largest absolute Gasteiger partial charge is 0.309 e. The third-order valence-electron chi connectivity index (χ3n) is 1.05. The molecule has 5 heteroatoms. The highest BCUT2D eigenvalue weighted by molar-refractivity contribution is 6.56. The number of hydrogen-bond acceptors (Lipinski definition) is 0. The first-order valence-corrected chi connectivity index (χ1v) is 2.81.